The highest BCUT2D eigenvalue weighted by Crippen LogP contribution is 2.19. The second kappa shape index (κ2) is 10.3. The summed E-state index contributed by atoms with van der Waals surface area (Å²) in [4.78, 5) is 23.1. The summed E-state index contributed by atoms with van der Waals surface area (Å²) in [7, 11) is 0. The van der Waals surface area contributed by atoms with Crippen molar-refractivity contribution in [3.63, 3.8) is 0 Å². The molecule has 0 heterocycles. The average Bonchev–Trinajstić information content (AvgIpc) is 2.57. The van der Waals surface area contributed by atoms with E-state index in [4.69, 9.17) is 9.47 Å². The van der Waals surface area contributed by atoms with Crippen molar-refractivity contribution in [1.82, 2.24) is 10.6 Å². The molecule has 6 heteroatoms. The summed E-state index contributed by atoms with van der Waals surface area (Å²) in [6.07, 6.45) is 0.315. The first-order valence-electron chi connectivity index (χ1n) is 8.00. The van der Waals surface area contributed by atoms with Gasteiger partial charge in [0.25, 0.3) is 5.91 Å². The largest absolute Gasteiger partial charge is 0.481 e. The highest BCUT2D eigenvalue weighted by atomic mass is 16.5. The number of carbonyl (C=O) groups is 2. The molecule has 6 nitrogen and oxygen atoms in total. The molecule has 1 unspecified atom stereocenters. The Kier molecular flexibility index (Phi) is 8.39. The van der Waals surface area contributed by atoms with Crippen LogP contribution in [0.25, 0.3) is 0 Å². The van der Waals surface area contributed by atoms with Crippen molar-refractivity contribution in [3.05, 3.63) is 42.5 Å². The van der Waals surface area contributed by atoms with Crippen LogP contribution in [0, 0.1) is 0 Å². The monoisotopic (exact) mass is 334 g/mol. The molecule has 1 atom stereocenters. The maximum absolute atomic E-state index is 11.9. The van der Waals surface area contributed by atoms with Gasteiger partial charge in [0.2, 0.25) is 0 Å². The quantitative estimate of drug-likeness (QED) is 0.537. The molecule has 0 spiro atoms. The van der Waals surface area contributed by atoms with Gasteiger partial charge in [-0.25, -0.2) is 4.79 Å². The first-order chi connectivity index (χ1) is 11.4. The molecule has 0 aromatic heterocycles. The molecule has 0 radical (unpaired) electrons. The zero-order valence-electron chi connectivity index (χ0n) is 14.5. The van der Waals surface area contributed by atoms with Crippen LogP contribution in [0.5, 0.6) is 5.75 Å². The van der Waals surface area contributed by atoms with Crippen LogP contribution in [0.15, 0.2) is 36.9 Å². The van der Waals surface area contributed by atoms with Gasteiger partial charge in [-0.05, 0) is 30.5 Å². The lowest BCUT2D eigenvalue weighted by molar-refractivity contribution is -0.127. The summed E-state index contributed by atoms with van der Waals surface area (Å²) >= 11 is 0. The number of ether oxygens (including phenoxy) is 2. The minimum Gasteiger partial charge on any atom is -0.481 e. The fourth-order valence-electron chi connectivity index (χ4n) is 1.87. The minimum absolute atomic E-state index is 0.151. The number of amides is 2. The third-order valence-electron chi connectivity index (χ3n) is 3.25. The molecule has 1 rings (SSSR count). The maximum atomic E-state index is 11.9. The van der Waals surface area contributed by atoms with Crippen LogP contribution < -0.4 is 15.4 Å². The summed E-state index contributed by atoms with van der Waals surface area (Å²) in [5.41, 5.74) is 1.22. The van der Waals surface area contributed by atoms with Crippen LogP contribution in [0.4, 0.5) is 4.79 Å². The molecule has 0 saturated carbocycles. The Hall–Kier alpha value is -2.50. The van der Waals surface area contributed by atoms with Gasteiger partial charge in [-0.1, -0.05) is 38.6 Å². The van der Waals surface area contributed by atoms with Gasteiger partial charge >= 0.3 is 6.09 Å². The highest BCUT2D eigenvalue weighted by molar-refractivity contribution is 5.80. The molecule has 0 aliphatic heterocycles. The van der Waals surface area contributed by atoms with Gasteiger partial charge in [0.1, 0.15) is 12.4 Å². The van der Waals surface area contributed by atoms with Crippen LogP contribution in [0.1, 0.15) is 32.3 Å². The van der Waals surface area contributed by atoms with Crippen LogP contribution in [-0.2, 0) is 9.53 Å². The van der Waals surface area contributed by atoms with Gasteiger partial charge in [-0.15, -0.1) is 0 Å². The molecular weight excluding hydrogens is 308 g/mol. The molecular formula is C18H26N2O4. The standard InChI is InChI=1S/C18H26N2O4/c1-5-12-23-18(22)20-11-10-19-17(21)14(4)24-16-8-6-15(7-9-16)13(2)3/h5-9,13-14H,1,10-12H2,2-4H3,(H,19,21)(H,20,22). The summed E-state index contributed by atoms with van der Waals surface area (Å²) in [5.74, 6) is 0.850. The molecule has 0 aliphatic rings. The molecule has 132 valence electrons. The van der Waals surface area contributed by atoms with E-state index in [-0.39, 0.29) is 19.1 Å². The lowest BCUT2D eigenvalue weighted by atomic mass is 10.0. The first-order valence-corrected chi connectivity index (χ1v) is 8.00. The van der Waals surface area contributed by atoms with Crippen molar-refractivity contribution in [2.24, 2.45) is 0 Å². The third-order valence-corrected chi connectivity index (χ3v) is 3.25. The third kappa shape index (κ3) is 7.17. The molecule has 2 N–H and O–H groups in total. The van der Waals surface area contributed by atoms with E-state index in [1.165, 1.54) is 11.6 Å². The Bertz CT molecular complexity index is 540. The molecule has 0 bridgehead atoms. The van der Waals surface area contributed by atoms with Crippen molar-refractivity contribution in [2.75, 3.05) is 19.7 Å². The van der Waals surface area contributed by atoms with E-state index < -0.39 is 12.2 Å². The van der Waals surface area contributed by atoms with Crippen molar-refractivity contribution in [2.45, 2.75) is 32.8 Å². The molecule has 0 saturated heterocycles. The number of benzene rings is 1. The Morgan fingerprint density at radius 1 is 1.12 bits per heavy atom. The first kappa shape index (κ1) is 19.5. The van der Waals surface area contributed by atoms with Gasteiger partial charge in [-0.3, -0.25) is 4.79 Å². The highest BCUT2D eigenvalue weighted by Gasteiger charge is 2.14. The Morgan fingerprint density at radius 3 is 2.33 bits per heavy atom. The van der Waals surface area contributed by atoms with Crippen LogP contribution in [0.3, 0.4) is 0 Å². The van der Waals surface area contributed by atoms with Crippen molar-refractivity contribution in [1.29, 1.82) is 0 Å². The van der Waals surface area contributed by atoms with E-state index in [0.717, 1.165) is 0 Å². The lowest BCUT2D eigenvalue weighted by Gasteiger charge is -2.15. The Labute approximate surface area is 143 Å². The van der Waals surface area contributed by atoms with E-state index in [0.29, 0.717) is 18.2 Å². The summed E-state index contributed by atoms with van der Waals surface area (Å²) in [6, 6.07) is 7.69. The van der Waals surface area contributed by atoms with Crippen molar-refractivity contribution < 1.29 is 19.1 Å². The minimum atomic E-state index is -0.623. The molecule has 1 aromatic carbocycles. The number of hydrogen-bond acceptors (Lipinski definition) is 4. The predicted octanol–water partition coefficient (Wildman–Crippen LogP) is 2.61. The van der Waals surface area contributed by atoms with Gasteiger partial charge < -0.3 is 20.1 Å². The molecule has 1 aromatic rings. The van der Waals surface area contributed by atoms with E-state index in [9.17, 15) is 9.59 Å². The van der Waals surface area contributed by atoms with Gasteiger partial charge in [0.15, 0.2) is 6.10 Å². The van der Waals surface area contributed by atoms with E-state index in [2.05, 4.69) is 31.1 Å². The summed E-state index contributed by atoms with van der Waals surface area (Å²) < 4.78 is 10.4. The van der Waals surface area contributed by atoms with Crippen molar-refractivity contribution in [3.8, 4) is 5.75 Å². The molecule has 0 aliphatic carbocycles. The van der Waals surface area contributed by atoms with Crippen LogP contribution in [-0.4, -0.2) is 37.8 Å². The fraction of sp³-hybridized carbons (Fsp3) is 0.444. The Morgan fingerprint density at radius 2 is 1.75 bits per heavy atom. The normalized spacial score (nSPS) is 11.5. The average molecular weight is 334 g/mol. The van der Waals surface area contributed by atoms with Crippen LogP contribution >= 0.6 is 0 Å². The Balaban J connectivity index is 2.29. The zero-order chi connectivity index (χ0) is 17.9. The SMILES string of the molecule is C=CCOC(=O)NCCNC(=O)C(C)Oc1ccc(C(C)C)cc1. The zero-order valence-corrected chi connectivity index (χ0v) is 14.5. The van der Waals surface area contributed by atoms with E-state index in [1.807, 2.05) is 24.3 Å². The smallest absolute Gasteiger partial charge is 0.407 e. The fourth-order valence-corrected chi connectivity index (χ4v) is 1.87. The van der Waals surface area contributed by atoms with Gasteiger partial charge in [0, 0.05) is 13.1 Å². The van der Waals surface area contributed by atoms with E-state index in [1.54, 1.807) is 6.92 Å². The van der Waals surface area contributed by atoms with E-state index >= 15 is 0 Å². The second-order valence-electron chi connectivity index (χ2n) is 5.59. The molecule has 24 heavy (non-hydrogen) atoms. The number of alkyl carbamates (subject to hydrolysis) is 1. The van der Waals surface area contributed by atoms with Crippen molar-refractivity contribution >= 4 is 12.0 Å². The lowest BCUT2D eigenvalue weighted by Crippen LogP contribution is -2.40. The molecule has 0 fully saturated rings. The van der Waals surface area contributed by atoms with Crippen LogP contribution in [0.2, 0.25) is 0 Å². The molecule has 2 amide bonds. The number of hydrogen-bond donors (Lipinski definition) is 2. The summed E-state index contributed by atoms with van der Waals surface area (Å²) in [6.45, 7) is 10.1. The van der Waals surface area contributed by atoms with Gasteiger partial charge in [0.05, 0.1) is 0 Å². The summed E-state index contributed by atoms with van der Waals surface area (Å²) in [5, 5.41) is 5.20. The topological polar surface area (TPSA) is 76.7 Å². The predicted molar refractivity (Wildman–Crippen MR) is 93.2 cm³/mol. The maximum Gasteiger partial charge on any atom is 0.407 e. The number of nitrogens with one attached hydrogen (secondary N) is 2. The number of carbonyl (C=O) groups excluding carboxylic acids is 2. The number of rotatable bonds is 9. The second-order valence-corrected chi connectivity index (χ2v) is 5.59. The van der Waals surface area contributed by atoms with Gasteiger partial charge in [-0.2, -0.15) is 0 Å².